The number of morpholine rings is 1. The normalized spacial score (nSPS) is 14.6. The van der Waals surface area contributed by atoms with Crippen molar-refractivity contribution >= 4 is 21.8 Å². The number of ether oxygens (including phenoxy) is 3. The standard InChI is InChI=1S/C27H32N4O4/c1-19-24(18-34-28-2)22-6-5-21(17-26(22)30(19)3)35-27-8-9-29-25-16-20(4-7-23(25)27)33-15-12-31-10-13-32-14-11-31/h4-9,16-17,28H,10-15,18H2,1-3H3. The third-order valence-corrected chi connectivity index (χ3v) is 6.64. The van der Waals surface area contributed by atoms with E-state index in [4.69, 9.17) is 19.0 Å². The molecule has 1 aliphatic rings. The van der Waals surface area contributed by atoms with Gasteiger partial charge in [0, 0.05) is 74.1 Å². The summed E-state index contributed by atoms with van der Waals surface area (Å²) in [6.45, 7) is 7.65. The Morgan fingerprint density at radius 3 is 2.66 bits per heavy atom. The first-order chi connectivity index (χ1) is 17.1. The molecule has 35 heavy (non-hydrogen) atoms. The van der Waals surface area contributed by atoms with E-state index in [0.717, 1.165) is 71.9 Å². The number of hydrogen-bond acceptors (Lipinski definition) is 7. The van der Waals surface area contributed by atoms with Gasteiger partial charge in [0.1, 0.15) is 23.9 Å². The molecule has 1 aliphatic heterocycles. The topological polar surface area (TPSA) is 70.0 Å². The third kappa shape index (κ3) is 5.11. The lowest BCUT2D eigenvalue weighted by atomic mass is 10.1. The van der Waals surface area contributed by atoms with E-state index in [0.29, 0.717) is 13.2 Å². The smallest absolute Gasteiger partial charge is 0.138 e. The van der Waals surface area contributed by atoms with E-state index in [-0.39, 0.29) is 0 Å². The lowest BCUT2D eigenvalue weighted by Crippen LogP contribution is -2.38. The molecule has 0 radical (unpaired) electrons. The van der Waals surface area contributed by atoms with Crippen molar-refractivity contribution in [3.63, 3.8) is 0 Å². The maximum absolute atomic E-state index is 6.33. The Hall–Kier alpha value is -3.17. The quantitative estimate of drug-likeness (QED) is 0.363. The number of rotatable bonds is 9. The summed E-state index contributed by atoms with van der Waals surface area (Å²) in [6.07, 6.45) is 1.77. The zero-order chi connectivity index (χ0) is 24.2. The van der Waals surface area contributed by atoms with Gasteiger partial charge < -0.3 is 18.8 Å². The molecule has 4 aromatic rings. The van der Waals surface area contributed by atoms with Gasteiger partial charge in [-0.3, -0.25) is 14.7 Å². The molecule has 2 aromatic carbocycles. The average Bonchev–Trinajstić information content (AvgIpc) is 3.12. The minimum atomic E-state index is 0.506. The molecule has 0 spiro atoms. The molecule has 0 atom stereocenters. The first-order valence-electron chi connectivity index (χ1n) is 12.0. The van der Waals surface area contributed by atoms with E-state index in [1.807, 2.05) is 30.3 Å². The molecule has 5 rings (SSSR count). The van der Waals surface area contributed by atoms with Gasteiger partial charge in [-0.15, -0.1) is 0 Å². The van der Waals surface area contributed by atoms with Crippen molar-refractivity contribution in [3.8, 4) is 17.2 Å². The molecular weight excluding hydrogens is 444 g/mol. The van der Waals surface area contributed by atoms with Gasteiger partial charge in [-0.1, -0.05) is 0 Å². The molecule has 2 aromatic heterocycles. The summed E-state index contributed by atoms with van der Waals surface area (Å²) in [7, 11) is 3.83. The van der Waals surface area contributed by atoms with Crippen LogP contribution in [-0.4, -0.2) is 61.0 Å². The van der Waals surface area contributed by atoms with E-state index in [1.54, 1.807) is 13.2 Å². The number of hydrogen-bond donors (Lipinski definition) is 1. The van der Waals surface area contributed by atoms with Gasteiger partial charge in [0.15, 0.2) is 0 Å². The molecule has 8 nitrogen and oxygen atoms in total. The Kier molecular flexibility index (Phi) is 7.15. The zero-order valence-corrected chi connectivity index (χ0v) is 20.5. The van der Waals surface area contributed by atoms with Gasteiger partial charge in [0.25, 0.3) is 0 Å². The van der Waals surface area contributed by atoms with Crippen molar-refractivity contribution in [1.82, 2.24) is 19.9 Å². The number of aromatic nitrogens is 2. The number of nitrogens with one attached hydrogen (secondary N) is 1. The molecule has 0 unspecified atom stereocenters. The van der Waals surface area contributed by atoms with Crippen LogP contribution in [0.15, 0.2) is 48.7 Å². The van der Waals surface area contributed by atoms with E-state index >= 15 is 0 Å². The summed E-state index contributed by atoms with van der Waals surface area (Å²) in [5.74, 6) is 2.35. The third-order valence-electron chi connectivity index (χ3n) is 6.64. The van der Waals surface area contributed by atoms with Gasteiger partial charge in [-0.05, 0) is 37.3 Å². The van der Waals surface area contributed by atoms with Crippen LogP contribution in [0.4, 0.5) is 0 Å². The molecule has 8 heteroatoms. The van der Waals surface area contributed by atoms with E-state index < -0.39 is 0 Å². The lowest BCUT2D eigenvalue weighted by Gasteiger charge is -2.26. The fourth-order valence-electron chi connectivity index (χ4n) is 4.54. The van der Waals surface area contributed by atoms with Crippen LogP contribution in [0.1, 0.15) is 11.3 Å². The first-order valence-corrected chi connectivity index (χ1v) is 12.0. The Morgan fingerprint density at radius 1 is 1.03 bits per heavy atom. The van der Waals surface area contributed by atoms with Crippen LogP contribution < -0.4 is 15.0 Å². The highest BCUT2D eigenvalue weighted by Crippen LogP contribution is 2.34. The molecular formula is C27H32N4O4. The number of hydroxylamine groups is 1. The lowest BCUT2D eigenvalue weighted by molar-refractivity contribution is 0.0322. The number of pyridine rings is 1. The van der Waals surface area contributed by atoms with Gasteiger partial charge in [-0.25, -0.2) is 5.48 Å². The van der Waals surface area contributed by atoms with Crippen LogP contribution in [0.2, 0.25) is 0 Å². The number of fused-ring (bicyclic) bond motifs is 2. The molecule has 3 heterocycles. The summed E-state index contributed by atoms with van der Waals surface area (Å²) in [4.78, 5) is 12.3. The molecule has 0 amide bonds. The predicted molar refractivity (Wildman–Crippen MR) is 136 cm³/mol. The van der Waals surface area contributed by atoms with Crippen molar-refractivity contribution < 1.29 is 19.0 Å². The molecule has 1 fully saturated rings. The number of aryl methyl sites for hydroxylation is 1. The van der Waals surface area contributed by atoms with Crippen LogP contribution in [0.25, 0.3) is 21.8 Å². The molecule has 1 N–H and O–H groups in total. The van der Waals surface area contributed by atoms with Crippen LogP contribution in [0.3, 0.4) is 0 Å². The zero-order valence-electron chi connectivity index (χ0n) is 20.5. The van der Waals surface area contributed by atoms with Gasteiger partial charge in [0.2, 0.25) is 0 Å². The highest BCUT2D eigenvalue weighted by Gasteiger charge is 2.14. The maximum atomic E-state index is 6.33. The van der Waals surface area contributed by atoms with Crippen molar-refractivity contribution in [2.24, 2.45) is 7.05 Å². The van der Waals surface area contributed by atoms with Gasteiger partial charge >= 0.3 is 0 Å². The molecule has 0 saturated carbocycles. The van der Waals surface area contributed by atoms with Crippen LogP contribution in [-0.2, 0) is 23.2 Å². The largest absolute Gasteiger partial charge is 0.492 e. The second kappa shape index (κ2) is 10.6. The Bertz CT molecular complexity index is 1310. The second-order valence-electron chi connectivity index (χ2n) is 8.69. The van der Waals surface area contributed by atoms with Gasteiger partial charge in [0.05, 0.1) is 30.9 Å². The molecule has 184 valence electrons. The minimum absolute atomic E-state index is 0.506. The SMILES string of the molecule is CNOCc1c(C)n(C)c2cc(Oc3ccnc4cc(OCCN5CCOCC5)ccc34)ccc12. The fourth-order valence-corrected chi connectivity index (χ4v) is 4.54. The molecule has 0 bridgehead atoms. The second-order valence-corrected chi connectivity index (χ2v) is 8.69. The van der Waals surface area contributed by atoms with E-state index in [1.165, 1.54) is 11.3 Å². The molecule has 0 aliphatic carbocycles. The van der Waals surface area contributed by atoms with Crippen LogP contribution in [0.5, 0.6) is 17.2 Å². The van der Waals surface area contributed by atoms with Crippen molar-refractivity contribution in [1.29, 1.82) is 0 Å². The maximum Gasteiger partial charge on any atom is 0.138 e. The van der Waals surface area contributed by atoms with E-state index in [9.17, 15) is 0 Å². The highest BCUT2D eigenvalue weighted by molar-refractivity contribution is 5.88. The predicted octanol–water partition coefficient (Wildman–Crippen LogP) is 4.19. The summed E-state index contributed by atoms with van der Waals surface area (Å²) in [6, 6.07) is 14.0. The summed E-state index contributed by atoms with van der Waals surface area (Å²) < 4.78 is 19.9. The van der Waals surface area contributed by atoms with Crippen molar-refractivity contribution in [2.75, 3.05) is 46.5 Å². The number of benzene rings is 2. The van der Waals surface area contributed by atoms with Gasteiger partial charge in [-0.2, -0.15) is 0 Å². The highest BCUT2D eigenvalue weighted by atomic mass is 16.6. The monoisotopic (exact) mass is 476 g/mol. The molecule has 1 saturated heterocycles. The summed E-state index contributed by atoms with van der Waals surface area (Å²) >= 11 is 0. The van der Waals surface area contributed by atoms with Crippen LogP contribution in [0, 0.1) is 6.92 Å². The minimum Gasteiger partial charge on any atom is -0.492 e. The van der Waals surface area contributed by atoms with Crippen LogP contribution >= 0.6 is 0 Å². The van der Waals surface area contributed by atoms with Crippen molar-refractivity contribution in [2.45, 2.75) is 13.5 Å². The average molecular weight is 477 g/mol. The Morgan fingerprint density at radius 2 is 1.83 bits per heavy atom. The fraction of sp³-hybridized carbons (Fsp3) is 0.370. The van der Waals surface area contributed by atoms with E-state index in [2.05, 4.69) is 46.0 Å². The van der Waals surface area contributed by atoms with Crippen molar-refractivity contribution in [3.05, 3.63) is 59.9 Å². The number of nitrogens with zero attached hydrogens (tertiary/aromatic N) is 3. The summed E-state index contributed by atoms with van der Waals surface area (Å²) in [5.41, 5.74) is 7.03. The first kappa shape index (κ1) is 23.6. The summed E-state index contributed by atoms with van der Waals surface area (Å²) in [5, 5.41) is 2.10. The Balaban J connectivity index is 1.33. The Labute approximate surface area is 205 Å².